The highest BCUT2D eigenvalue weighted by Gasteiger charge is 2.18. The summed E-state index contributed by atoms with van der Waals surface area (Å²) in [7, 11) is 0. The Bertz CT molecular complexity index is 746. The molecule has 2 aromatic carbocycles. The summed E-state index contributed by atoms with van der Waals surface area (Å²) in [5.74, 6) is 0.824. The first-order chi connectivity index (χ1) is 10.2. The Morgan fingerprint density at radius 1 is 0.952 bits per heavy atom. The lowest BCUT2D eigenvalue weighted by Gasteiger charge is -2.18. The molecule has 2 N–H and O–H groups in total. The van der Waals surface area contributed by atoms with E-state index in [9.17, 15) is 0 Å². The minimum Gasteiger partial charge on any atom is -0.491 e. The van der Waals surface area contributed by atoms with Gasteiger partial charge in [0.05, 0.1) is 18.4 Å². The average Bonchev–Trinajstić information content (AvgIpc) is 2.90. The molecule has 3 rings (SSSR count). The van der Waals surface area contributed by atoms with Crippen LogP contribution in [-0.4, -0.2) is 6.10 Å². The molecule has 0 amide bonds. The number of fused-ring (bicyclic) bond motifs is 1. The van der Waals surface area contributed by atoms with Gasteiger partial charge in [-0.05, 0) is 26.0 Å². The first kappa shape index (κ1) is 13.7. The molecule has 0 spiro atoms. The zero-order valence-corrected chi connectivity index (χ0v) is 12.2. The molecule has 0 fully saturated rings. The largest absolute Gasteiger partial charge is 0.491 e. The second kappa shape index (κ2) is 5.62. The fourth-order valence-electron chi connectivity index (χ4n) is 2.51. The van der Waals surface area contributed by atoms with Gasteiger partial charge in [0.15, 0.2) is 0 Å². The lowest BCUT2D eigenvalue weighted by Crippen LogP contribution is -2.15. The minimum atomic E-state index is -0.274. The van der Waals surface area contributed by atoms with E-state index in [0.717, 1.165) is 27.8 Å². The Hall–Kier alpha value is -2.26. The van der Waals surface area contributed by atoms with Crippen LogP contribution in [0.3, 0.4) is 0 Å². The molecule has 1 aromatic heterocycles. The molecule has 21 heavy (non-hydrogen) atoms. The van der Waals surface area contributed by atoms with E-state index in [2.05, 4.69) is 0 Å². The number of rotatable bonds is 4. The lowest BCUT2D eigenvalue weighted by molar-refractivity contribution is 0.239. The van der Waals surface area contributed by atoms with Crippen LogP contribution >= 0.6 is 0 Å². The van der Waals surface area contributed by atoms with E-state index in [0.29, 0.717) is 0 Å². The van der Waals surface area contributed by atoms with Crippen molar-refractivity contribution in [2.45, 2.75) is 26.0 Å². The molecular formula is C18H19NO2. The van der Waals surface area contributed by atoms with Crippen LogP contribution in [0.5, 0.6) is 5.75 Å². The standard InChI is InChI=1S/C18H19NO2/c1-12(2)21-17-10-6-4-8-14(17)18(19)15-11-20-16-9-5-3-7-13(15)16/h3-12,18H,19H2,1-2H3. The van der Waals surface area contributed by atoms with Crippen LogP contribution in [0.1, 0.15) is 31.0 Å². The average molecular weight is 281 g/mol. The molecule has 1 atom stereocenters. The summed E-state index contributed by atoms with van der Waals surface area (Å²) >= 11 is 0. The van der Waals surface area contributed by atoms with Gasteiger partial charge in [-0.2, -0.15) is 0 Å². The monoisotopic (exact) mass is 281 g/mol. The molecule has 0 aliphatic carbocycles. The molecule has 0 aliphatic rings. The summed E-state index contributed by atoms with van der Waals surface area (Å²) < 4.78 is 11.5. The highest BCUT2D eigenvalue weighted by molar-refractivity contribution is 5.82. The molecule has 0 saturated carbocycles. The van der Waals surface area contributed by atoms with Crippen LogP contribution in [0.2, 0.25) is 0 Å². The van der Waals surface area contributed by atoms with E-state index in [4.69, 9.17) is 14.9 Å². The van der Waals surface area contributed by atoms with Crippen molar-refractivity contribution in [3.8, 4) is 5.75 Å². The third-order valence-corrected chi connectivity index (χ3v) is 3.46. The molecule has 1 heterocycles. The number of hydrogen-bond donors (Lipinski definition) is 1. The topological polar surface area (TPSA) is 48.4 Å². The van der Waals surface area contributed by atoms with Gasteiger partial charge in [-0.3, -0.25) is 0 Å². The smallest absolute Gasteiger partial charge is 0.134 e. The number of para-hydroxylation sites is 2. The van der Waals surface area contributed by atoms with E-state index in [1.807, 2.05) is 62.4 Å². The number of nitrogens with two attached hydrogens (primary N) is 1. The van der Waals surface area contributed by atoms with Crippen LogP contribution < -0.4 is 10.5 Å². The SMILES string of the molecule is CC(C)Oc1ccccc1C(N)c1coc2ccccc12. The normalized spacial score (nSPS) is 12.8. The van der Waals surface area contributed by atoms with E-state index >= 15 is 0 Å². The first-order valence-electron chi connectivity index (χ1n) is 7.14. The Morgan fingerprint density at radius 2 is 1.67 bits per heavy atom. The molecule has 3 aromatic rings. The third-order valence-electron chi connectivity index (χ3n) is 3.46. The van der Waals surface area contributed by atoms with Gasteiger partial charge < -0.3 is 14.9 Å². The van der Waals surface area contributed by atoms with Gasteiger partial charge in [0, 0.05) is 16.5 Å². The maximum Gasteiger partial charge on any atom is 0.134 e. The molecule has 1 unspecified atom stereocenters. The van der Waals surface area contributed by atoms with Gasteiger partial charge >= 0.3 is 0 Å². The zero-order valence-electron chi connectivity index (χ0n) is 12.2. The molecule has 108 valence electrons. The molecule has 0 aliphatic heterocycles. The van der Waals surface area contributed by atoms with E-state index in [1.54, 1.807) is 6.26 Å². The predicted molar refractivity (Wildman–Crippen MR) is 84.5 cm³/mol. The Balaban J connectivity index is 2.04. The maximum atomic E-state index is 6.46. The summed E-state index contributed by atoms with van der Waals surface area (Å²) in [6.07, 6.45) is 1.85. The van der Waals surface area contributed by atoms with Crippen LogP contribution in [0.4, 0.5) is 0 Å². The van der Waals surface area contributed by atoms with Crippen molar-refractivity contribution >= 4 is 11.0 Å². The van der Waals surface area contributed by atoms with Gasteiger partial charge in [0.25, 0.3) is 0 Å². The summed E-state index contributed by atoms with van der Waals surface area (Å²) in [5, 5.41) is 1.05. The molecule has 0 radical (unpaired) electrons. The highest BCUT2D eigenvalue weighted by Crippen LogP contribution is 2.33. The van der Waals surface area contributed by atoms with E-state index in [1.165, 1.54) is 0 Å². The van der Waals surface area contributed by atoms with E-state index in [-0.39, 0.29) is 12.1 Å². The highest BCUT2D eigenvalue weighted by atomic mass is 16.5. The van der Waals surface area contributed by atoms with Crippen molar-refractivity contribution in [2.24, 2.45) is 5.73 Å². The van der Waals surface area contributed by atoms with Gasteiger partial charge in [-0.15, -0.1) is 0 Å². The van der Waals surface area contributed by atoms with Crippen molar-refractivity contribution in [1.29, 1.82) is 0 Å². The summed E-state index contributed by atoms with van der Waals surface area (Å²) in [6, 6.07) is 15.5. The quantitative estimate of drug-likeness (QED) is 0.777. The van der Waals surface area contributed by atoms with Crippen LogP contribution in [0.15, 0.2) is 59.2 Å². The van der Waals surface area contributed by atoms with Crippen molar-refractivity contribution < 1.29 is 9.15 Å². The zero-order chi connectivity index (χ0) is 14.8. The maximum absolute atomic E-state index is 6.46. The number of hydrogen-bond acceptors (Lipinski definition) is 3. The van der Waals surface area contributed by atoms with Gasteiger partial charge in [-0.25, -0.2) is 0 Å². The van der Waals surface area contributed by atoms with Gasteiger partial charge in [-0.1, -0.05) is 36.4 Å². The van der Waals surface area contributed by atoms with Crippen molar-refractivity contribution in [2.75, 3.05) is 0 Å². The Labute approximate surface area is 124 Å². The Morgan fingerprint density at radius 3 is 2.48 bits per heavy atom. The summed E-state index contributed by atoms with van der Waals surface area (Å²) in [4.78, 5) is 0. The van der Waals surface area contributed by atoms with Crippen molar-refractivity contribution in [3.63, 3.8) is 0 Å². The third kappa shape index (κ3) is 2.65. The molecule has 3 heteroatoms. The second-order valence-electron chi connectivity index (χ2n) is 5.37. The van der Waals surface area contributed by atoms with E-state index < -0.39 is 0 Å². The van der Waals surface area contributed by atoms with Crippen molar-refractivity contribution in [3.05, 3.63) is 65.9 Å². The number of ether oxygens (including phenoxy) is 1. The van der Waals surface area contributed by atoms with Crippen molar-refractivity contribution in [1.82, 2.24) is 0 Å². The summed E-state index contributed by atoms with van der Waals surface area (Å²) in [6.45, 7) is 4.02. The fourth-order valence-corrected chi connectivity index (χ4v) is 2.51. The number of furan rings is 1. The Kier molecular flexibility index (Phi) is 3.67. The minimum absolute atomic E-state index is 0.111. The lowest BCUT2D eigenvalue weighted by atomic mass is 9.98. The van der Waals surface area contributed by atoms with Crippen LogP contribution in [0, 0.1) is 0 Å². The fraction of sp³-hybridized carbons (Fsp3) is 0.222. The summed E-state index contributed by atoms with van der Waals surface area (Å²) in [5.41, 5.74) is 9.26. The van der Waals surface area contributed by atoms with Crippen LogP contribution in [0.25, 0.3) is 11.0 Å². The molecular weight excluding hydrogens is 262 g/mol. The molecule has 0 saturated heterocycles. The second-order valence-corrected chi connectivity index (χ2v) is 5.37. The number of benzene rings is 2. The molecule has 0 bridgehead atoms. The van der Waals surface area contributed by atoms with Gasteiger partial charge in [0.1, 0.15) is 11.3 Å². The van der Waals surface area contributed by atoms with Gasteiger partial charge in [0.2, 0.25) is 0 Å². The van der Waals surface area contributed by atoms with Crippen LogP contribution in [-0.2, 0) is 0 Å². The first-order valence-corrected chi connectivity index (χ1v) is 7.14. The predicted octanol–water partition coefficient (Wildman–Crippen LogP) is 4.27. The molecule has 3 nitrogen and oxygen atoms in total.